The Morgan fingerprint density at radius 1 is 0.204 bits per heavy atom. The van der Waals surface area contributed by atoms with E-state index in [1.165, 1.54) is 0 Å². The van der Waals surface area contributed by atoms with Gasteiger partial charge < -0.3 is 0 Å². The maximum Gasteiger partial charge on any atom is 0.254 e. The fraction of sp³-hybridized carbons (Fsp3) is 1.00. The Balaban J connectivity index is 0. The minimum absolute atomic E-state index is 0.894. The summed E-state index contributed by atoms with van der Waals surface area (Å²) in [6.45, 7) is 0. The molecule has 1 N–H and O–H groups in total. The molecule has 0 aromatic heterocycles. The highest BCUT2D eigenvalue weighted by Gasteiger charge is 2.83. The zero-order chi connectivity index (χ0) is 45.6. The van der Waals surface area contributed by atoms with Crippen LogP contribution in [0.5, 0.6) is 0 Å². The number of hydrogen-bond donors (Lipinski definition) is 2. The molecule has 0 spiro atoms. The third kappa shape index (κ3) is 13.5. The average molecular weight is 2990 g/mol. The maximum atomic E-state index is 8.59. The zero-order valence-corrected chi connectivity index (χ0v) is 77.4. The standard InChI is InChI=1S/C16Br34.H2O3S/c17-1(18,3(21,22)5(25,26)7(29,30)9(33,34)11(37,38)13(41,42)15(45,46)47)2(19,20)4(23,24)6(27,28)8(31,32)10(35,36)12(39,40)14(43,44)16(48,49)50;1-4(2)3/h;4H,(H,1,2,3). The van der Waals surface area contributed by atoms with Crippen LogP contribution in [0.2, 0.25) is 0 Å². The van der Waals surface area contributed by atoms with Gasteiger partial charge in [0.1, 0.15) is 45.3 Å². The molecule has 0 amide bonds. The molecule has 0 saturated carbocycles. The summed E-state index contributed by atoms with van der Waals surface area (Å²) < 4.78 is 5.59. The normalized spacial score (nSPS) is 16.7. The molecule has 0 unspecified atom stereocenters. The van der Waals surface area contributed by atoms with Crippen LogP contribution in [-0.4, -0.2) is 62.5 Å². The molecular formula is C16H2Br34O3S. The first kappa shape index (κ1) is 72.3. The van der Waals surface area contributed by atoms with Gasteiger partial charge in [0.2, 0.25) is 0 Å². The molecule has 0 bridgehead atoms. The molecule has 0 aliphatic rings. The number of halogens is 34. The Labute approximate surface area is 599 Å². The molecule has 3 nitrogen and oxygen atoms in total. The third-order valence-corrected chi connectivity index (χ3v) is 76.8. The second-order valence-corrected chi connectivity index (χ2v) is 71.5. The van der Waals surface area contributed by atoms with Crippen LogP contribution in [0.1, 0.15) is 0 Å². The van der Waals surface area contributed by atoms with Crippen LogP contribution in [0.25, 0.3) is 0 Å². The predicted molar refractivity (Wildman–Crippen MR) is 360 cm³/mol. The van der Waals surface area contributed by atoms with Gasteiger partial charge in [0.05, 0.1) is 0 Å². The van der Waals surface area contributed by atoms with Crippen LogP contribution in [0, 0.1) is 0 Å². The molecule has 0 radical (unpaired) electrons. The van der Waals surface area contributed by atoms with Crippen LogP contribution < -0.4 is 0 Å². The van der Waals surface area contributed by atoms with Crippen LogP contribution >= 0.6 is 542 Å². The highest BCUT2D eigenvalue weighted by atomic mass is 80.0. The average Bonchev–Trinajstić information content (AvgIpc) is 2.89. The van der Waals surface area contributed by atoms with E-state index in [1.807, 2.05) is 0 Å². The topological polar surface area (TPSA) is 54.4 Å². The number of hydrogen-bond acceptors (Lipinski definition) is 2. The van der Waals surface area contributed by atoms with E-state index in [0.717, 1.165) is 0 Å². The van der Waals surface area contributed by atoms with Gasteiger partial charge in [0.25, 0.3) is 11.0 Å². The van der Waals surface area contributed by atoms with Crippen molar-refractivity contribution in [2.45, 2.75) is 49.6 Å². The van der Waals surface area contributed by atoms with Crippen LogP contribution in [0.4, 0.5) is 0 Å². The summed E-state index contributed by atoms with van der Waals surface area (Å²) >= 11 is 132. The minimum atomic E-state index is -3.12. The van der Waals surface area contributed by atoms with Crippen LogP contribution in [-0.2, 0) is 11.0 Å². The fourth-order valence-corrected chi connectivity index (χ4v) is 35.9. The van der Waals surface area contributed by atoms with E-state index in [4.69, 9.17) is 13.0 Å². The van der Waals surface area contributed by atoms with E-state index in [-0.39, 0.29) is 0 Å². The van der Waals surface area contributed by atoms with Gasteiger partial charge in [0, 0.05) is 0 Å². The molecule has 0 aliphatic carbocycles. The Bertz CT molecular complexity index is 1310. The van der Waals surface area contributed by atoms with Crippen molar-refractivity contribution >= 4 is 553 Å². The number of rotatable bonds is 13. The van der Waals surface area contributed by atoms with E-state index in [9.17, 15) is 0 Å². The van der Waals surface area contributed by atoms with E-state index < -0.39 is 60.5 Å². The van der Waals surface area contributed by atoms with E-state index in [1.54, 1.807) is 0 Å². The molecule has 0 aromatic carbocycles. The van der Waals surface area contributed by atoms with Gasteiger partial charge >= 0.3 is 0 Å². The first-order valence-corrected chi connectivity index (χ1v) is 38.8. The van der Waals surface area contributed by atoms with Gasteiger partial charge in [-0.15, -0.1) is 0 Å². The molecule has 0 aromatic rings. The van der Waals surface area contributed by atoms with Crippen molar-refractivity contribution in [3.05, 3.63) is 0 Å². The third-order valence-electron chi connectivity index (χ3n) is 5.84. The smallest absolute Gasteiger partial charge is 0.254 e. The van der Waals surface area contributed by atoms with Crippen molar-refractivity contribution in [3.63, 3.8) is 0 Å². The summed E-state index contributed by atoms with van der Waals surface area (Å²) in [5, 5.41) is 0. The van der Waals surface area contributed by atoms with E-state index in [2.05, 4.69) is 542 Å². The summed E-state index contributed by atoms with van der Waals surface area (Å²) in [5.41, 5.74) is 0. The van der Waals surface area contributed by atoms with Crippen LogP contribution in [0.15, 0.2) is 0 Å². The van der Waals surface area contributed by atoms with Crippen molar-refractivity contribution in [2.75, 3.05) is 0 Å². The van der Waals surface area contributed by atoms with Gasteiger partial charge in [-0.25, -0.2) is 8.42 Å². The lowest BCUT2D eigenvalue weighted by Crippen LogP contribution is -2.73. The number of thiol groups is 1. The van der Waals surface area contributed by atoms with Crippen molar-refractivity contribution in [1.82, 2.24) is 0 Å². The molecule has 54 heavy (non-hydrogen) atoms. The molecule has 0 aliphatic heterocycles. The first-order valence-electron chi connectivity index (χ1n) is 10.7. The van der Waals surface area contributed by atoms with Crippen molar-refractivity contribution in [1.29, 1.82) is 0 Å². The molecule has 0 saturated heterocycles. The van der Waals surface area contributed by atoms with Crippen molar-refractivity contribution < 1.29 is 13.0 Å². The lowest BCUT2D eigenvalue weighted by Gasteiger charge is -2.62. The minimum Gasteiger partial charge on any atom is -0.288 e. The molecule has 38 heteroatoms. The highest BCUT2D eigenvalue weighted by molar-refractivity contribution is 9.44. The predicted octanol–water partition coefficient (Wildman–Crippen LogP) is 24.5. The van der Waals surface area contributed by atoms with Gasteiger partial charge in [-0.3, -0.25) is 4.55 Å². The highest BCUT2D eigenvalue weighted by Crippen LogP contribution is 2.83. The first-order chi connectivity index (χ1) is 22.5. The Hall–Kier alpha value is 16.2. The molecule has 328 valence electrons. The Kier molecular flexibility index (Phi) is 32.5. The van der Waals surface area contributed by atoms with Gasteiger partial charge in [-0.1, -0.05) is 542 Å². The largest absolute Gasteiger partial charge is 0.288 e. The second kappa shape index (κ2) is 24.3. The summed E-state index contributed by atoms with van der Waals surface area (Å²) in [7, 11) is -3.12. The van der Waals surface area contributed by atoms with E-state index >= 15 is 0 Å². The van der Waals surface area contributed by atoms with Crippen molar-refractivity contribution in [3.8, 4) is 0 Å². The molecule has 0 heterocycles. The van der Waals surface area contributed by atoms with E-state index in [0.29, 0.717) is 0 Å². The Morgan fingerprint density at radius 3 is 0.315 bits per heavy atom. The lowest BCUT2D eigenvalue weighted by molar-refractivity contribution is 0.509. The molecule has 0 fully saturated rings. The maximum absolute atomic E-state index is 8.59. The monoisotopic (exact) mass is 2960 g/mol. The van der Waals surface area contributed by atoms with Gasteiger partial charge in [-0.05, 0) is 0 Å². The zero-order valence-electron chi connectivity index (χ0n) is 22.6. The summed E-state index contributed by atoms with van der Waals surface area (Å²) in [4.78, 5) is 0. The molecule has 0 rings (SSSR count). The lowest BCUT2D eigenvalue weighted by atomic mass is 10.0. The van der Waals surface area contributed by atoms with Crippen LogP contribution in [0.3, 0.4) is 0 Å². The summed E-state index contributed by atoms with van der Waals surface area (Å²) in [5.74, 6) is 0. The molecule has 0 atom stereocenters. The Morgan fingerprint density at radius 2 is 0.259 bits per heavy atom. The fourth-order valence-electron chi connectivity index (χ4n) is 2.72. The summed E-state index contributed by atoms with van der Waals surface area (Å²) in [6.07, 6.45) is 0. The van der Waals surface area contributed by atoms with Gasteiger partial charge in [-0.2, -0.15) is 0 Å². The second-order valence-electron chi connectivity index (χ2n) is 9.27. The quantitative estimate of drug-likeness (QED) is 0.110. The molecular weight excluding hydrogens is 2990 g/mol. The van der Waals surface area contributed by atoms with Gasteiger partial charge in [0.15, 0.2) is 4.29 Å². The van der Waals surface area contributed by atoms with Crippen molar-refractivity contribution in [2.24, 2.45) is 0 Å². The number of alkyl halides is 34. The SMILES string of the molecule is BrC(Br)(Br)C(Br)(Br)C(Br)(Br)C(Br)(Br)C(Br)(Br)C(Br)(Br)C(Br)(Br)C(Br)(Br)C(Br)(Br)C(Br)(Br)C(Br)(Br)C(Br)(Br)C(Br)(Br)C(Br)(Br)C(Br)(Br)C(Br)(Br)Br.O=[SH](=O)O. The summed E-state index contributed by atoms with van der Waals surface area (Å²) in [6, 6.07) is 0.